The summed E-state index contributed by atoms with van der Waals surface area (Å²) in [5.74, 6) is 0. The number of allylic oxidation sites excluding steroid dienone is 2. The number of fused-ring (bicyclic) bond motifs is 2. The Kier molecular flexibility index (Phi) is 48.5. The minimum atomic E-state index is -1.92. The Morgan fingerprint density at radius 2 is 0.406 bits per heavy atom. The Morgan fingerprint density at radius 1 is 0.225 bits per heavy atom. The first-order valence-electron chi connectivity index (χ1n) is 54.0. The third kappa shape index (κ3) is 32.3. The Bertz CT molecular complexity index is 4610. The van der Waals surface area contributed by atoms with E-state index in [0.717, 1.165) is 8.21 Å². The molecule has 138 heavy (non-hydrogen) atoms. The molecule has 9 saturated carbocycles. The summed E-state index contributed by atoms with van der Waals surface area (Å²) in [6.45, 7) is 8.58. The second-order valence-electron chi connectivity index (χ2n) is 41.2. The topological polar surface area (TPSA) is 0 Å². The number of rotatable bonds is 17. The molecule has 0 saturated heterocycles. The molecule has 10 aromatic carbocycles. The van der Waals surface area contributed by atoms with E-state index in [9.17, 15) is 0 Å². The molecule has 10 aromatic rings. The van der Waals surface area contributed by atoms with Crippen molar-refractivity contribution in [3.63, 3.8) is 0 Å². The van der Waals surface area contributed by atoms with Crippen LogP contribution in [0.15, 0.2) is 279 Å². The van der Waals surface area contributed by atoms with E-state index in [0.29, 0.717) is 7.92 Å². The van der Waals surface area contributed by atoms with Gasteiger partial charge in [-0.05, 0) is 282 Å². The van der Waals surface area contributed by atoms with Gasteiger partial charge < -0.3 is 0 Å². The smallest absolute Gasteiger partial charge is 0.102 e. The van der Waals surface area contributed by atoms with Crippen LogP contribution in [0.1, 0.15) is 345 Å². The van der Waals surface area contributed by atoms with Crippen LogP contribution >= 0.6 is 102 Å². The number of halogens is 6. The number of aryl methyl sites for hydroxylation is 4. The van der Waals surface area contributed by atoms with Gasteiger partial charge in [-0.15, -0.1) is 23.2 Å². The molecule has 0 N–H and O–H groups in total. The molecule has 0 nitrogen and oxygen atoms in total. The largest absolute Gasteiger partial charge is 0.109 e. The van der Waals surface area contributed by atoms with Gasteiger partial charge in [0, 0.05) is 15.8 Å². The van der Waals surface area contributed by atoms with Gasteiger partial charge in [0.05, 0.1) is 55.1 Å². The normalized spacial score (nSPS) is 19.1. The second kappa shape index (κ2) is 60.7. The SMILES string of the molecule is C1CCC(P(C2CCCCC2)C2CCCCC2)CC1.C1CCC([PH+](C2CCCCC2)C2CCCCC2)CC1.C1CCC([PH+](C2CCCCC2)C2CCCCC2)CC1.Cc1ccccc1C1=C[C](=[Ru]([Cl])[Cl])c2cccc(C)c21.Cc1ccccc1C1=C[C](=[Ru]([Cl])[Cl])c2cccc(C)c21.ClCCl.c1ccc([PH+](c2ccccc2)c2ccccc2)cc1.c1ccc([PH+](c2ccccc2)c2ccccc2)cc1. The maximum Gasteiger partial charge on any atom is 0.102 e. The van der Waals surface area contributed by atoms with Gasteiger partial charge in [0.25, 0.3) is 0 Å². The van der Waals surface area contributed by atoms with Gasteiger partial charge >= 0.3 is 266 Å². The van der Waals surface area contributed by atoms with Gasteiger partial charge in [-0.3, -0.25) is 0 Å². The monoisotopic (exact) mass is 2230 g/mol. The molecule has 0 spiro atoms. The van der Waals surface area contributed by atoms with Crippen molar-refractivity contribution in [2.45, 2.75) is 368 Å². The molecule has 9 fully saturated rings. The minimum absolute atomic E-state index is 0.0465. The fourth-order valence-electron chi connectivity index (χ4n) is 25.7. The summed E-state index contributed by atoms with van der Waals surface area (Å²) in [7, 11) is 23.7. The zero-order valence-corrected chi connectivity index (χ0v) is 96.6. The van der Waals surface area contributed by atoms with Crippen molar-refractivity contribution < 1.29 is 27.0 Å². The van der Waals surface area contributed by atoms with E-state index in [-0.39, 0.29) is 21.2 Å². The fourth-order valence-corrected chi connectivity index (χ4v) is 50.9. The second-order valence-corrected chi connectivity index (χ2v) is 68.5. The predicted molar refractivity (Wildman–Crippen MR) is 626 cm³/mol. The summed E-state index contributed by atoms with van der Waals surface area (Å²) in [5.41, 5.74) is 26.1. The fraction of sp³-hybridized carbons (Fsp3) is 0.472. The summed E-state index contributed by atoms with van der Waals surface area (Å²) >= 11 is 5.69. The average Bonchev–Trinajstić information content (AvgIpc) is 1.62. The quantitative estimate of drug-likeness (QED) is 0.0484. The van der Waals surface area contributed by atoms with E-state index >= 15 is 0 Å². The van der Waals surface area contributed by atoms with Crippen LogP contribution in [0.2, 0.25) is 0 Å². The molecular weight excluding hydrogens is 2070 g/mol. The van der Waals surface area contributed by atoms with Gasteiger partial charge in [0.1, 0.15) is 31.8 Å². The maximum atomic E-state index is 6.28. The first-order valence-corrected chi connectivity index (χ1v) is 73.8. The summed E-state index contributed by atoms with van der Waals surface area (Å²) in [6, 6.07) is 94.6. The molecular formula is C125H163Cl6P5Ru2+4. The Hall–Kier alpha value is -3.44. The first-order chi connectivity index (χ1) is 67.8. The van der Waals surface area contributed by atoms with Crippen LogP contribution in [0.4, 0.5) is 0 Å². The van der Waals surface area contributed by atoms with Crippen LogP contribution in [0.5, 0.6) is 0 Å². The first kappa shape index (κ1) is 110. The van der Waals surface area contributed by atoms with E-state index in [2.05, 4.69) is 307 Å². The zero-order chi connectivity index (χ0) is 95.8. The summed E-state index contributed by atoms with van der Waals surface area (Å²) in [5, 5.41) is 8.81. The van der Waals surface area contributed by atoms with Crippen molar-refractivity contribution in [2.75, 3.05) is 5.34 Å². The van der Waals surface area contributed by atoms with Gasteiger partial charge in [-0.1, -0.05) is 213 Å². The molecule has 11 aliphatic rings. The maximum absolute atomic E-state index is 6.28. The average molecular weight is 2240 g/mol. The Labute approximate surface area is 878 Å². The molecule has 0 radical (unpaired) electrons. The van der Waals surface area contributed by atoms with Gasteiger partial charge in [0.2, 0.25) is 0 Å². The van der Waals surface area contributed by atoms with Gasteiger partial charge in [0.15, 0.2) is 0 Å². The van der Waals surface area contributed by atoms with Gasteiger partial charge in [-0.25, -0.2) is 0 Å². The number of benzene rings is 10. The molecule has 0 atom stereocenters. The molecule has 0 bridgehead atoms. The molecule has 0 amide bonds. The van der Waals surface area contributed by atoms with E-state index in [1.54, 1.807) is 270 Å². The molecule has 21 rings (SSSR count). The summed E-state index contributed by atoms with van der Waals surface area (Å²) in [4.78, 5) is 0. The van der Waals surface area contributed by atoms with Crippen LogP contribution in [0.3, 0.4) is 0 Å². The number of hydrogen-bond acceptors (Lipinski definition) is 0. The molecule has 13 heteroatoms. The van der Waals surface area contributed by atoms with Crippen LogP contribution in [0, 0.1) is 27.7 Å². The van der Waals surface area contributed by atoms with E-state index < -0.39 is 42.9 Å². The van der Waals surface area contributed by atoms with Crippen molar-refractivity contribution in [3.8, 4) is 0 Å². The zero-order valence-electron chi connectivity index (χ0n) is 83.7. The summed E-state index contributed by atoms with van der Waals surface area (Å²) < 4.78 is 2.27. The predicted octanol–water partition coefficient (Wildman–Crippen LogP) is 37.0. The third-order valence-electron chi connectivity index (χ3n) is 32.1. The number of alkyl halides is 2. The molecule has 11 aliphatic carbocycles. The minimum Gasteiger partial charge on any atom is -0.109 e. The van der Waals surface area contributed by atoms with Crippen molar-refractivity contribution in [1.82, 2.24) is 0 Å². The Morgan fingerprint density at radius 3 is 0.609 bits per heavy atom. The van der Waals surface area contributed by atoms with Gasteiger partial charge in [-0.2, -0.15) is 0 Å². The van der Waals surface area contributed by atoms with Crippen LogP contribution in [-0.4, -0.2) is 64.5 Å². The molecule has 0 aliphatic heterocycles. The summed E-state index contributed by atoms with van der Waals surface area (Å²) in [6.07, 6.45) is 75.6. The van der Waals surface area contributed by atoms with E-state index in [1.807, 2.05) is 0 Å². The molecule has 0 unspecified atom stereocenters. The van der Waals surface area contributed by atoms with Crippen molar-refractivity contribution in [2.24, 2.45) is 0 Å². The van der Waals surface area contributed by atoms with Crippen LogP contribution < -0.4 is 31.8 Å². The standard InChI is InChI=1S/3C18H33P.2C18H15P.2C17H14.CH2Cl2.4ClH.2Ru/c5*1-4-10-16(11-5-1)19(17-12-6-2-7-13-17)18-14-8-3-9-15-18;2*1-12-6-3-4-9-15(12)16-11-10-14-8-5-7-13(2)17(14)16;2-1-3;;;;;;/h3*16-18H,1-15H2;2*1-15H;2*3-9,11H,1-2H3;1H2;4*1H;;/q;;;;;;;;;;;;2*+2. The molecule has 0 heterocycles. The van der Waals surface area contributed by atoms with Crippen molar-refractivity contribution >= 4 is 153 Å². The van der Waals surface area contributed by atoms with Crippen molar-refractivity contribution in [1.29, 1.82) is 0 Å². The molecule has 0 aromatic heterocycles. The Balaban J connectivity index is 0.000000128. The van der Waals surface area contributed by atoms with Crippen LogP contribution in [0.25, 0.3) is 11.1 Å². The molecule has 742 valence electrons. The van der Waals surface area contributed by atoms with Crippen molar-refractivity contribution in [3.05, 3.63) is 335 Å². The number of hydrogen-bond donors (Lipinski definition) is 0. The van der Waals surface area contributed by atoms with E-state index in [4.69, 9.17) is 62.0 Å². The third-order valence-corrected chi connectivity index (χ3v) is 57.0. The van der Waals surface area contributed by atoms with Crippen LogP contribution in [-0.2, 0) is 27.0 Å². The van der Waals surface area contributed by atoms with E-state index in [1.165, 1.54) is 169 Å².